The summed E-state index contributed by atoms with van der Waals surface area (Å²) in [5, 5.41) is 0. The maximum atomic E-state index is 5.91. The average molecular weight is 196 g/mol. The normalized spacial score (nSPS) is 9.87. The molecule has 0 unspecified atom stereocenters. The van der Waals surface area contributed by atoms with Crippen LogP contribution in [0.15, 0.2) is 53.5 Å². The van der Waals surface area contributed by atoms with E-state index in [1.165, 1.54) is 0 Å². The first-order valence-corrected chi connectivity index (χ1v) is 4.73. The first-order valence-electron chi connectivity index (χ1n) is 4.73. The summed E-state index contributed by atoms with van der Waals surface area (Å²) in [7, 11) is 0. The standard InChI is InChI=1S/C13H12N2/c1-15-13-9-5-3-7-11(13)10-6-2-4-8-12(10)14/h2-9H,1,14H2. The van der Waals surface area contributed by atoms with Gasteiger partial charge < -0.3 is 5.73 Å². The van der Waals surface area contributed by atoms with Gasteiger partial charge in [-0.05, 0) is 18.9 Å². The minimum absolute atomic E-state index is 0.758. The van der Waals surface area contributed by atoms with Gasteiger partial charge in [-0.1, -0.05) is 36.4 Å². The van der Waals surface area contributed by atoms with Gasteiger partial charge in [0.25, 0.3) is 0 Å². The highest BCUT2D eigenvalue weighted by Crippen LogP contribution is 2.32. The lowest BCUT2D eigenvalue weighted by Gasteiger charge is -2.07. The molecule has 0 aliphatic rings. The molecule has 0 aromatic heterocycles. The molecule has 0 aliphatic heterocycles. The Labute approximate surface area is 89.1 Å². The summed E-state index contributed by atoms with van der Waals surface area (Å²) in [5.74, 6) is 0. The lowest BCUT2D eigenvalue weighted by Crippen LogP contribution is -1.89. The number of aliphatic imine (C=N–C) groups is 1. The number of nitrogens with zero attached hydrogens (tertiary/aromatic N) is 1. The SMILES string of the molecule is C=Nc1ccccc1-c1ccccc1N. The summed E-state index contributed by atoms with van der Waals surface area (Å²) in [6.07, 6.45) is 0. The minimum Gasteiger partial charge on any atom is -0.398 e. The number of nitrogens with two attached hydrogens (primary N) is 1. The Morgan fingerprint density at radius 3 is 2.13 bits per heavy atom. The lowest BCUT2D eigenvalue weighted by atomic mass is 10.0. The van der Waals surface area contributed by atoms with Crippen LogP contribution in [0.2, 0.25) is 0 Å². The van der Waals surface area contributed by atoms with E-state index >= 15 is 0 Å². The van der Waals surface area contributed by atoms with E-state index in [1.807, 2.05) is 48.5 Å². The predicted octanol–water partition coefficient (Wildman–Crippen LogP) is 3.27. The van der Waals surface area contributed by atoms with Crippen molar-refractivity contribution < 1.29 is 0 Å². The van der Waals surface area contributed by atoms with Gasteiger partial charge >= 0.3 is 0 Å². The number of nitrogen functional groups attached to an aromatic ring is 1. The van der Waals surface area contributed by atoms with E-state index in [1.54, 1.807) is 0 Å². The van der Waals surface area contributed by atoms with E-state index < -0.39 is 0 Å². The van der Waals surface area contributed by atoms with Crippen molar-refractivity contribution >= 4 is 18.1 Å². The fraction of sp³-hybridized carbons (Fsp3) is 0. The Morgan fingerprint density at radius 1 is 0.867 bits per heavy atom. The van der Waals surface area contributed by atoms with Crippen molar-refractivity contribution in [2.45, 2.75) is 0 Å². The Bertz CT molecular complexity index is 489. The van der Waals surface area contributed by atoms with E-state index in [4.69, 9.17) is 5.73 Å². The first-order chi connectivity index (χ1) is 7.33. The third kappa shape index (κ3) is 1.74. The van der Waals surface area contributed by atoms with Gasteiger partial charge in [0.2, 0.25) is 0 Å². The quantitative estimate of drug-likeness (QED) is 0.581. The molecular weight excluding hydrogens is 184 g/mol. The zero-order chi connectivity index (χ0) is 10.7. The molecular formula is C13H12N2. The molecule has 2 aromatic carbocycles. The molecule has 0 bridgehead atoms. The lowest BCUT2D eigenvalue weighted by molar-refractivity contribution is 1.53. The Hall–Kier alpha value is -2.09. The van der Waals surface area contributed by atoms with E-state index in [2.05, 4.69) is 11.7 Å². The predicted molar refractivity (Wildman–Crippen MR) is 65.5 cm³/mol. The summed E-state index contributed by atoms with van der Waals surface area (Å²) in [5.41, 5.74) is 9.55. The van der Waals surface area contributed by atoms with Crippen molar-refractivity contribution in [3.05, 3.63) is 48.5 Å². The van der Waals surface area contributed by atoms with Crippen molar-refractivity contribution in [1.29, 1.82) is 0 Å². The highest BCUT2D eigenvalue weighted by Gasteiger charge is 2.05. The molecule has 0 aliphatic carbocycles. The maximum absolute atomic E-state index is 5.91. The zero-order valence-corrected chi connectivity index (χ0v) is 8.35. The van der Waals surface area contributed by atoms with Crippen LogP contribution in [-0.2, 0) is 0 Å². The van der Waals surface area contributed by atoms with Crippen LogP contribution in [0.1, 0.15) is 0 Å². The van der Waals surface area contributed by atoms with Gasteiger partial charge in [0.1, 0.15) is 0 Å². The molecule has 0 spiro atoms. The molecule has 2 aromatic rings. The molecule has 0 radical (unpaired) electrons. The highest BCUT2D eigenvalue weighted by molar-refractivity contribution is 5.84. The second kappa shape index (κ2) is 3.96. The van der Waals surface area contributed by atoms with Crippen LogP contribution < -0.4 is 5.73 Å². The van der Waals surface area contributed by atoms with Gasteiger partial charge in [0.15, 0.2) is 0 Å². The highest BCUT2D eigenvalue weighted by atomic mass is 14.7. The molecule has 74 valence electrons. The Balaban J connectivity index is 2.64. The molecule has 2 rings (SSSR count). The van der Waals surface area contributed by atoms with Crippen LogP contribution in [0.3, 0.4) is 0 Å². The maximum Gasteiger partial charge on any atom is 0.0701 e. The van der Waals surface area contributed by atoms with E-state index in [9.17, 15) is 0 Å². The summed E-state index contributed by atoms with van der Waals surface area (Å²) in [4.78, 5) is 3.98. The van der Waals surface area contributed by atoms with Gasteiger partial charge in [0, 0.05) is 16.8 Å². The largest absolute Gasteiger partial charge is 0.398 e. The molecule has 0 atom stereocenters. The van der Waals surface area contributed by atoms with Crippen LogP contribution in [0, 0.1) is 0 Å². The second-order valence-corrected chi connectivity index (χ2v) is 3.26. The number of anilines is 1. The van der Waals surface area contributed by atoms with Gasteiger partial charge in [-0.3, -0.25) is 4.99 Å². The zero-order valence-electron chi connectivity index (χ0n) is 8.35. The van der Waals surface area contributed by atoms with Crippen LogP contribution >= 0.6 is 0 Å². The molecule has 15 heavy (non-hydrogen) atoms. The van der Waals surface area contributed by atoms with Gasteiger partial charge in [-0.25, -0.2) is 0 Å². The fourth-order valence-electron chi connectivity index (χ4n) is 1.58. The van der Waals surface area contributed by atoms with Crippen LogP contribution in [-0.4, -0.2) is 6.72 Å². The van der Waals surface area contributed by atoms with Crippen molar-refractivity contribution in [2.24, 2.45) is 4.99 Å². The number of hydrogen-bond donors (Lipinski definition) is 1. The molecule has 2 N–H and O–H groups in total. The topological polar surface area (TPSA) is 38.4 Å². The van der Waals surface area contributed by atoms with Crippen molar-refractivity contribution in [3.63, 3.8) is 0 Å². The number of hydrogen-bond acceptors (Lipinski definition) is 2. The van der Waals surface area contributed by atoms with Crippen molar-refractivity contribution in [1.82, 2.24) is 0 Å². The summed E-state index contributed by atoms with van der Waals surface area (Å²) in [6, 6.07) is 15.6. The Kier molecular flexibility index (Phi) is 2.50. The van der Waals surface area contributed by atoms with Gasteiger partial charge in [-0.2, -0.15) is 0 Å². The Morgan fingerprint density at radius 2 is 1.47 bits per heavy atom. The number of rotatable bonds is 2. The van der Waals surface area contributed by atoms with Crippen LogP contribution in [0.25, 0.3) is 11.1 Å². The number of benzene rings is 2. The van der Waals surface area contributed by atoms with E-state index in [-0.39, 0.29) is 0 Å². The fourth-order valence-corrected chi connectivity index (χ4v) is 1.58. The molecule has 0 saturated carbocycles. The first kappa shape index (κ1) is 9.46. The molecule has 0 heterocycles. The minimum atomic E-state index is 0.758. The number of para-hydroxylation sites is 2. The van der Waals surface area contributed by atoms with Gasteiger partial charge in [0.05, 0.1) is 5.69 Å². The summed E-state index contributed by atoms with van der Waals surface area (Å²) >= 11 is 0. The second-order valence-electron chi connectivity index (χ2n) is 3.26. The average Bonchev–Trinajstić information content (AvgIpc) is 2.30. The third-order valence-electron chi connectivity index (χ3n) is 2.33. The molecule has 2 heteroatoms. The van der Waals surface area contributed by atoms with E-state index in [0.717, 1.165) is 22.5 Å². The third-order valence-corrected chi connectivity index (χ3v) is 2.33. The monoisotopic (exact) mass is 196 g/mol. The van der Waals surface area contributed by atoms with Crippen molar-refractivity contribution in [2.75, 3.05) is 5.73 Å². The smallest absolute Gasteiger partial charge is 0.0701 e. The molecule has 0 amide bonds. The van der Waals surface area contributed by atoms with Gasteiger partial charge in [-0.15, -0.1) is 0 Å². The summed E-state index contributed by atoms with van der Waals surface area (Å²) in [6.45, 7) is 3.56. The molecule has 2 nitrogen and oxygen atoms in total. The van der Waals surface area contributed by atoms with Crippen LogP contribution in [0.5, 0.6) is 0 Å². The molecule has 0 saturated heterocycles. The summed E-state index contributed by atoms with van der Waals surface area (Å²) < 4.78 is 0. The molecule has 0 fully saturated rings. The van der Waals surface area contributed by atoms with E-state index in [0.29, 0.717) is 0 Å². The van der Waals surface area contributed by atoms with Crippen LogP contribution in [0.4, 0.5) is 11.4 Å². The van der Waals surface area contributed by atoms with Crippen molar-refractivity contribution in [3.8, 4) is 11.1 Å².